The van der Waals surface area contributed by atoms with Gasteiger partial charge in [-0.15, -0.1) is 0 Å². The first-order chi connectivity index (χ1) is 12.6. The molecule has 2 atom stereocenters. The van der Waals surface area contributed by atoms with E-state index in [0.717, 1.165) is 32.6 Å². The van der Waals surface area contributed by atoms with Crippen molar-refractivity contribution in [3.63, 3.8) is 0 Å². The number of hydrogen-bond donors (Lipinski definition) is 2. The van der Waals surface area contributed by atoms with Crippen molar-refractivity contribution in [1.29, 1.82) is 0 Å². The van der Waals surface area contributed by atoms with E-state index in [1.54, 1.807) is 12.3 Å². The number of carbonyl (C=O) groups is 2. The Morgan fingerprint density at radius 3 is 2.65 bits per heavy atom. The molecular weight excluding hydrogens is 332 g/mol. The van der Waals surface area contributed by atoms with E-state index < -0.39 is 0 Å². The summed E-state index contributed by atoms with van der Waals surface area (Å²) in [6.45, 7) is 7.66. The fourth-order valence-corrected chi connectivity index (χ4v) is 4.11. The Kier molecular flexibility index (Phi) is 6.32. The van der Waals surface area contributed by atoms with E-state index in [2.05, 4.69) is 15.2 Å². The van der Waals surface area contributed by atoms with Gasteiger partial charge in [0.25, 0.3) is 5.91 Å². The van der Waals surface area contributed by atoms with Crippen molar-refractivity contribution in [2.45, 2.75) is 51.2 Å². The van der Waals surface area contributed by atoms with E-state index in [4.69, 9.17) is 4.74 Å². The van der Waals surface area contributed by atoms with Gasteiger partial charge in [0.05, 0.1) is 6.04 Å². The molecule has 2 N–H and O–H groups in total. The van der Waals surface area contributed by atoms with Crippen LogP contribution in [0.15, 0.2) is 18.3 Å². The first-order valence-corrected chi connectivity index (χ1v) is 9.70. The lowest BCUT2D eigenvalue weighted by atomic mass is 10.1. The second kappa shape index (κ2) is 8.68. The van der Waals surface area contributed by atoms with Gasteiger partial charge in [0, 0.05) is 51.1 Å². The van der Waals surface area contributed by atoms with Crippen LogP contribution in [0.2, 0.25) is 0 Å². The number of likely N-dealkylation sites (N-methyl/N-ethyl adjacent to an activating group) is 1. The Balaban J connectivity index is 1.71. The molecule has 3 heterocycles. The summed E-state index contributed by atoms with van der Waals surface area (Å²) in [6, 6.07) is 3.75. The lowest BCUT2D eigenvalue weighted by Crippen LogP contribution is -2.50. The highest BCUT2D eigenvalue weighted by atomic mass is 16.5. The van der Waals surface area contributed by atoms with Gasteiger partial charge in [-0.05, 0) is 45.2 Å². The van der Waals surface area contributed by atoms with Crippen molar-refractivity contribution < 1.29 is 14.3 Å². The number of rotatable bonds is 6. The lowest BCUT2D eigenvalue weighted by molar-refractivity contribution is -0.137. The van der Waals surface area contributed by atoms with Crippen LogP contribution < -0.4 is 5.32 Å². The lowest BCUT2D eigenvalue weighted by Gasteiger charge is -2.36. The Morgan fingerprint density at radius 1 is 1.31 bits per heavy atom. The van der Waals surface area contributed by atoms with Crippen molar-refractivity contribution >= 4 is 11.8 Å². The highest BCUT2D eigenvalue weighted by molar-refractivity contribution is 5.92. The number of aromatic nitrogens is 1. The number of hydrogen-bond acceptors (Lipinski definition) is 4. The molecule has 1 aromatic rings. The average molecular weight is 362 g/mol. The number of likely N-dealkylation sites (tertiary alicyclic amines) is 1. The van der Waals surface area contributed by atoms with Gasteiger partial charge >= 0.3 is 0 Å². The van der Waals surface area contributed by atoms with E-state index in [0.29, 0.717) is 31.2 Å². The summed E-state index contributed by atoms with van der Waals surface area (Å²) < 4.78 is 5.49. The minimum Gasteiger partial charge on any atom is -0.381 e. The van der Waals surface area contributed by atoms with E-state index >= 15 is 0 Å². The van der Waals surface area contributed by atoms with Gasteiger partial charge in [-0.25, -0.2) is 0 Å². The highest BCUT2D eigenvalue weighted by Crippen LogP contribution is 2.27. The van der Waals surface area contributed by atoms with E-state index in [9.17, 15) is 9.59 Å². The van der Waals surface area contributed by atoms with Crippen LogP contribution >= 0.6 is 0 Å². The van der Waals surface area contributed by atoms with Gasteiger partial charge in [-0.3, -0.25) is 14.5 Å². The molecule has 3 rings (SSSR count). The van der Waals surface area contributed by atoms with E-state index in [1.807, 2.05) is 24.8 Å². The van der Waals surface area contributed by atoms with Gasteiger partial charge in [0.15, 0.2) is 0 Å². The molecule has 7 heteroatoms. The summed E-state index contributed by atoms with van der Waals surface area (Å²) in [4.78, 5) is 32.6. The van der Waals surface area contributed by atoms with Gasteiger partial charge in [0.1, 0.15) is 5.69 Å². The van der Waals surface area contributed by atoms with Crippen LogP contribution in [0.25, 0.3) is 0 Å². The van der Waals surface area contributed by atoms with Gasteiger partial charge in [-0.2, -0.15) is 0 Å². The quantitative estimate of drug-likeness (QED) is 0.798. The molecule has 2 fully saturated rings. The van der Waals surface area contributed by atoms with Gasteiger partial charge in [-0.1, -0.05) is 0 Å². The van der Waals surface area contributed by atoms with Crippen LogP contribution in [0.5, 0.6) is 0 Å². The van der Waals surface area contributed by atoms with Gasteiger partial charge in [0.2, 0.25) is 5.91 Å². The van der Waals surface area contributed by atoms with Crippen LogP contribution in [0, 0.1) is 0 Å². The average Bonchev–Trinajstić information content (AvgIpc) is 3.33. The zero-order valence-corrected chi connectivity index (χ0v) is 15.7. The third kappa shape index (κ3) is 4.10. The van der Waals surface area contributed by atoms with Crippen molar-refractivity contribution in [2.75, 3.05) is 32.8 Å². The molecule has 0 bridgehead atoms. The third-order valence-corrected chi connectivity index (χ3v) is 5.54. The summed E-state index contributed by atoms with van der Waals surface area (Å²) in [5.74, 6) is 0.0704. The molecule has 2 aliphatic heterocycles. The maximum absolute atomic E-state index is 13.1. The number of carbonyl (C=O) groups excluding carboxylic acids is 2. The molecule has 7 nitrogen and oxygen atoms in total. The Labute approximate surface area is 155 Å². The Bertz CT molecular complexity index is 594. The summed E-state index contributed by atoms with van der Waals surface area (Å²) in [5, 5.41) is 3.10. The highest BCUT2D eigenvalue weighted by Gasteiger charge is 2.42. The standard InChI is InChI=1S/C19H30N4O3/c1-3-22(4-2)19(25)17-12-14(21-18(24)16-6-5-9-20-16)13-23(17)15-7-10-26-11-8-15/h5-6,9,14-15,17,20H,3-4,7-8,10-13H2,1-2H3,(H,21,24)/t14-,17+/m1/s1. The molecule has 2 amide bonds. The number of nitrogens with one attached hydrogen (secondary N) is 2. The summed E-state index contributed by atoms with van der Waals surface area (Å²) in [6.07, 6.45) is 4.29. The monoisotopic (exact) mass is 362 g/mol. The molecule has 2 saturated heterocycles. The fourth-order valence-electron chi connectivity index (χ4n) is 4.11. The van der Waals surface area contributed by atoms with Crippen molar-refractivity contribution in [2.24, 2.45) is 0 Å². The molecule has 26 heavy (non-hydrogen) atoms. The molecule has 0 unspecified atom stereocenters. The number of amides is 2. The van der Waals surface area contributed by atoms with Crippen molar-refractivity contribution in [3.05, 3.63) is 24.0 Å². The van der Waals surface area contributed by atoms with Crippen molar-refractivity contribution in [3.8, 4) is 0 Å². The molecule has 144 valence electrons. The zero-order valence-electron chi connectivity index (χ0n) is 15.7. The molecule has 2 aliphatic rings. The second-order valence-electron chi connectivity index (χ2n) is 7.06. The summed E-state index contributed by atoms with van der Waals surface area (Å²) in [7, 11) is 0. The summed E-state index contributed by atoms with van der Waals surface area (Å²) in [5.41, 5.74) is 0.557. The summed E-state index contributed by atoms with van der Waals surface area (Å²) >= 11 is 0. The first-order valence-electron chi connectivity index (χ1n) is 9.70. The molecule has 0 aliphatic carbocycles. The topological polar surface area (TPSA) is 77.7 Å². The fraction of sp³-hybridized carbons (Fsp3) is 0.684. The Morgan fingerprint density at radius 2 is 2.04 bits per heavy atom. The number of H-pyrrole nitrogens is 1. The third-order valence-electron chi connectivity index (χ3n) is 5.54. The molecule has 1 aromatic heterocycles. The number of ether oxygens (including phenoxy) is 1. The minimum atomic E-state index is -0.160. The maximum atomic E-state index is 13.1. The zero-order chi connectivity index (χ0) is 18.5. The molecule has 0 radical (unpaired) electrons. The second-order valence-corrected chi connectivity index (χ2v) is 7.06. The smallest absolute Gasteiger partial charge is 0.267 e. The first kappa shape index (κ1) is 18.9. The normalized spacial score (nSPS) is 24.5. The van der Waals surface area contributed by atoms with Crippen LogP contribution in [-0.2, 0) is 9.53 Å². The Hall–Kier alpha value is -1.86. The number of nitrogens with zero attached hydrogens (tertiary/aromatic N) is 2. The molecule has 0 saturated carbocycles. The van der Waals surface area contributed by atoms with Gasteiger partial charge < -0.3 is 19.9 Å². The van der Waals surface area contributed by atoms with E-state index in [1.165, 1.54) is 0 Å². The SMILES string of the molecule is CCN(CC)C(=O)[C@@H]1C[C@@H](NC(=O)c2ccc[nH]2)CN1C1CCOCC1. The van der Waals surface area contributed by atoms with E-state index in [-0.39, 0.29) is 23.9 Å². The maximum Gasteiger partial charge on any atom is 0.267 e. The largest absolute Gasteiger partial charge is 0.381 e. The predicted molar refractivity (Wildman–Crippen MR) is 98.9 cm³/mol. The van der Waals surface area contributed by atoms with Crippen LogP contribution in [-0.4, -0.2) is 77.6 Å². The predicted octanol–water partition coefficient (Wildman–Crippen LogP) is 1.23. The van der Waals surface area contributed by atoms with Crippen LogP contribution in [0.4, 0.5) is 0 Å². The van der Waals surface area contributed by atoms with Crippen LogP contribution in [0.3, 0.4) is 0 Å². The molecule has 0 aromatic carbocycles. The minimum absolute atomic E-state index is 0.0156. The number of aromatic amines is 1. The molecular formula is C19H30N4O3. The van der Waals surface area contributed by atoms with Crippen molar-refractivity contribution in [1.82, 2.24) is 20.1 Å². The van der Waals surface area contributed by atoms with Crippen LogP contribution in [0.1, 0.15) is 43.6 Å². The molecule has 0 spiro atoms.